The van der Waals surface area contributed by atoms with Crippen LogP contribution in [-0.4, -0.2) is 28.2 Å². The molecule has 0 spiro atoms. The van der Waals surface area contributed by atoms with Crippen LogP contribution in [0.15, 0.2) is 47.6 Å². The van der Waals surface area contributed by atoms with Gasteiger partial charge in [-0.25, -0.2) is 0 Å². The van der Waals surface area contributed by atoms with Gasteiger partial charge in [-0.15, -0.1) is 0 Å². The second kappa shape index (κ2) is 9.52. The van der Waals surface area contributed by atoms with Gasteiger partial charge in [0.1, 0.15) is 6.61 Å². The molecule has 3 rings (SSSR count). The highest BCUT2D eigenvalue weighted by atomic mass is 35.5. The molecule has 0 amide bonds. The Hall–Kier alpha value is -2.64. The van der Waals surface area contributed by atoms with Gasteiger partial charge in [-0.1, -0.05) is 30.7 Å². The highest BCUT2D eigenvalue weighted by Crippen LogP contribution is 2.28. The molecule has 0 fully saturated rings. The summed E-state index contributed by atoms with van der Waals surface area (Å²) < 4.78 is 13.4. The molecule has 0 aliphatic heterocycles. The Bertz CT molecular complexity index is 1030. The fourth-order valence-corrected chi connectivity index (χ4v) is 3.04. The van der Waals surface area contributed by atoms with Crippen molar-refractivity contribution in [1.82, 2.24) is 14.9 Å². The van der Waals surface area contributed by atoms with Crippen LogP contribution in [0.25, 0.3) is 0 Å². The molecule has 1 heterocycles. The molecule has 0 atom stereocenters. The maximum atomic E-state index is 6.01. The molecular weight excluding hydrogens is 396 g/mol. The minimum absolute atomic E-state index is 0.398. The normalized spacial score (nSPS) is 11.1. The minimum Gasteiger partial charge on any atom is -0.493 e. The van der Waals surface area contributed by atoms with Crippen LogP contribution >= 0.6 is 23.8 Å². The van der Waals surface area contributed by atoms with E-state index in [9.17, 15) is 0 Å². The van der Waals surface area contributed by atoms with E-state index in [0.717, 1.165) is 29.8 Å². The Morgan fingerprint density at radius 3 is 2.86 bits per heavy atom. The van der Waals surface area contributed by atoms with E-state index in [1.54, 1.807) is 18.0 Å². The van der Waals surface area contributed by atoms with Gasteiger partial charge < -0.3 is 9.47 Å². The molecule has 0 unspecified atom stereocenters. The highest BCUT2D eigenvalue weighted by Gasteiger charge is 2.07. The number of aromatic nitrogens is 3. The Kier molecular flexibility index (Phi) is 6.84. The van der Waals surface area contributed by atoms with Crippen LogP contribution in [0.3, 0.4) is 0 Å². The van der Waals surface area contributed by atoms with Crippen LogP contribution in [-0.2, 0) is 13.0 Å². The molecule has 3 aromatic rings. The van der Waals surface area contributed by atoms with Crippen molar-refractivity contribution in [1.29, 1.82) is 0 Å². The second-order valence-electron chi connectivity index (χ2n) is 6.08. The van der Waals surface area contributed by atoms with Crippen molar-refractivity contribution in [3.8, 4) is 11.5 Å². The monoisotopic (exact) mass is 416 g/mol. The molecular formula is C20H21ClN4O2S. The molecule has 0 aliphatic rings. The summed E-state index contributed by atoms with van der Waals surface area (Å²) in [5, 5.41) is 12.1. The number of rotatable bonds is 8. The van der Waals surface area contributed by atoms with E-state index in [0.29, 0.717) is 27.9 Å². The summed E-state index contributed by atoms with van der Waals surface area (Å²) in [7, 11) is 1.61. The van der Waals surface area contributed by atoms with E-state index in [1.165, 1.54) is 0 Å². The molecule has 1 aromatic heterocycles. The Balaban J connectivity index is 1.76. The average molecular weight is 417 g/mol. The van der Waals surface area contributed by atoms with Crippen LogP contribution < -0.4 is 9.47 Å². The van der Waals surface area contributed by atoms with Crippen molar-refractivity contribution in [2.45, 2.75) is 26.4 Å². The molecule has 0 bridgehead atoms. The molecule has 0 saturated carbocycles. The third-order valence-electron chi connectivity index (χ3n) is 3.98. The summed E-state index contributed by atoms with van der Waals surface area (Å²) in [6.07, 6.45) is 3.47. The van der Waals surface area contributed by atoms with Gasteiger partial charge in [-0.05, 0) is 60.1 Å². The van der Waals surface area contributed by atoms with Crippen LogP contribution in [0.4, 0.5) is 0 Å². The van der Waals surface area contributed by atoms with Crippen molar-refractivity contribution in [3.05, 3.63) is 69.2 Å². The van der Waals surface area contributed by atoms with Gasteiger partial charge in [0.05, 0.1) is 13.3 Å². The molecule has 0 saturated heterocycles. The fraction of sp³-hybridized carbons (Fsp3) is 0.250. The molecule has 1 N–H and O–H groups in total. The predicted octanol–water partition coefficient (Wildman–Crippen LogP) is 5.02. The third-order valence-corrected chi connectivity index (χ3v) is 4.48. The average Bonchev–Trinajstić information content (AvgIpc) is 3.05. The van der Waals surface area contributed by atoms with Crippen molar-refractivity contribution in [3.63, 3.8) is 0 Å². The molecule has 28 heavy (non-hydrogen) atoms. The summed E-state index contributed by atoms with van der Waals surface area (Å²) in [5.41, 5.74) is 1.84. The Labute approximate surface area is 173 Å². The van der Waals surface area contributed by atoms with Gasteiger partial charge in [0.15, 0.2) is 17.3 Å². The summed E-state index contributed by atoms with van der Waals surface area (Å²) in [6.45, 7) is 2.48. The number of halogens is 1. The standard InChI is InChI=1S/C20H21ClN4O2S/c1-3-5-19-23-24-20(28)25(19)22-12-14-8-9-17(18(11-14)26-2)27-13-15-6-4-7-16(21)10-15/h4,6-12H,3,5,13H2,1-2H3,(H,24,28)/b22-12-. The van der Waals surface area contributed by atoms with E-state index in [-0.39, 0.29) is 0 Å². The van der Waals surface area contributed by atoms with Gasteiger partial charge in [0.25, 0.3) is 0 Å². The zero-order valence-electron chi connectivity index (χ0n) is 15.7. The lowest BCUT2D eigenvalue weighted by molar-refractivity contribution is 0.284. The summed E-state index contributed by atoms with van der Waals surface area (Å²) in [6, 6.07) is 13.2. The van der Waals surface area contributed by atoms with Crippen LogP contribution in [0.5, 0.6) is 11.5 Å². The molecule has 0 radical (unpaired) electrons. The Morgan fingerprint density at radius 1 is 1.25 bits per heavy atom. The molecule has 0 aliphatic carbocycles. The summed E-state index contributed by atoms with van der Waals surface area (Å²) in [5.74, 6) is 2.07. The number of hydrogen-bond donors (Lipinski definition) is 1. The largest absolute Gasteiger partial charge is 0.493 e. The summed E-state index contributed by atoms with van der Waals surface area (Å²) in [4.78, 5) is 0. The first-order valence-corrected chi connectivity index (χ1v) is 9.65. The zero-order chi connectivity index (χ0) is 19.9. The van der Waals surface area contributed by atoms with Crippen molar-refractivity contribution < 1.29 is 9.47 Å². The highest BCUT2D eigenvalue weighted by molar-refractivity contribution is 7.71. The topological polar surface area (TPSA) is 64.4 Å². The first-order chi connectivity index (χ1) is 13.6. The fourth-order valence-electron chi connectivity index (χ4n) is 2.62. The lowest BCUT2D eigenvalue weighted by Crippen LogP contribution is -2.00. The van der Waals surface area contributed by atoms with E-state index in [1.807, 2.05) is 42.5 Å². The predicted molar refractivity (Wildman–Crippen MR) is 113 cm³/mol. The zero-order valence-corrected chi connectivity index (χ0v) is 17.3. The minimum atomic E-state index is 0.398. The third kappa shape index (κ3) is 4.99. The number of aromatic amines is 1. The SMILES string of the molecule is CCCc1n[nH]c(=S)n1/N=C\c1ccc(OCc2cccc(Cl)c2)c(OC)c1. The number of H-pyrrole nitrogens is 1. The Morgan fingerprint density at radius 2 is 2.11 bits per heavy atom. The van der Waals surface area contributed by atoms with E-state index in [4.69, 9.17) is 33.3 Å². The maximum Gasteiger partial charge on any atom is 0.216 e. The van der Waals surface area contributed by atoms with Gasteiger partial charge in [0.2, 0.25) is 4.77 Å². The van der Waals surface area contributed by atoms with Crippen molar-refractivity contribution in [2.24, 2.45) is 5.10 Å². The number of nitrogens with zero attached hydrogens (tertiary/aromatic N) is 3. The number of ether oxygens (including phenoxy) is 2. The van der Waals surface area contributed by atoms with E-state index >= 15 is 0 Å². The first kappa shape index (κ1) is 20.1. The maximum absolute atomic E-state index is 6.01. The number of hydrogen-bond acceptors (Lipinski definition) is 5. The van der Waals surface area contributed by atoms with Crippen molar-refractivity contribution in [2.75, 3.05) is 7.11 Å². The second-order valence-corrected chi connectivity index (χ2v) is 6.90. The lowest BCUT2D eigenvalue weighted by Gasteiger charge is -2.11. The number of nitrogens with one attached hydrogen (secondary N) is 1. The molecule has 8 heteroatoms. The van der Waals surface area contributed by atoms with Crippen LogP contribution in [0.1, 0.15) is 30.3 Å². The van der Waals surface area contributed by atoms with Crippen LogP contribution in [0, 0.1) is 4.77 Å². The number of methoxy groups -OCH3 is 1. The molecule has 146 valence electrons. The van der Waals surface area contributed by atoms with E-state index in [2.05, 4.69) is 22.2 Å². The van der Waals surface area contributed by atoms with Gasteiger partial charge in [-0.3, -0.25) is 5.10 Å². The van der Waals surface area contributed by atoms with E-state index < -0.39 is 0 Å². The smallest absolute Gasteiger partial charge is 0.216 e. The molecule has 6 nitrogen and oxygen atoms in total. The quantitative estimate of drug-likeness (QED) is 0.413. The van der Waals surface area contributed by atoms with Gasteiger partial charge in [0, 0.05) is 11.4 Å². The van der Waals surface area contributed by atoms with Gasteiger partial charge in [-0.2, -0.15) is 14.9 Å². The number of benzene rings is 2. The lowest BCUT2D eigenvalue weighted by atomic mass is 10.2. The van der Waals surface area contributed by atoms with Crippen LogP contribution in [0.2, 0.25) is 5.02 Å². The number of aryl methyl sites for hydroxylation is 1. The molecule has 2 aromatic carbocycles. The first-order valence-electron chi connectivity index (χ1n) is 8.86. The summed E-state index contributed by atoms with van der Waals surface area (Å²) >= 11 is 11.3. The van der Waals surface area contributed by atoms with Crippen molar-refractivity contribution >= 4 is 30.0 Å². The van der Waals surface area contributed by atoms with Gasteiger partial charge >= 0.3 is 0 Å².